The topological polar surface area (TPSA) is 85.6 Å². The fourth-order valence-electron chi connectivity index (χ4n) is 1.96. The summed E-state index contributed by atoms with van der Waals surface area (Å²) in [4.78, 5) is 33.2. The van der Waals surface area contributed by atoms with Crippen molar-refractivity contribution in [2.24, 2.45) is 5.41 Å². The number of allylic oxidation sites excluding steroid dienone is 1. The van der Waals surface area contributed by atoms with Gasteiger partial charge in [0.05, 0.1) is 30.6 Å². The second-order valence-electron chi connectivity index (χ2n) is 5.56. The molecule has 6 nitrogen and oxygen atoms in total. The van der Waals surface area contributed by atoms with Crippen LogP contribution in [0.2, 0.25) is 0 Å². The van der Waals surface area contributed by atoms with Crippen LogP contribution in [-0.4, -0.2) is 19.0 Å². The summed E-state index contributed by atoms with van der Waals surface area (Å²) in [6, 6.07) is 8.35. The first kappa shape index (κ1) is 19.2. The number of nitriles is 1. The van der Waals surface area contributed by atoms with Gasteiger partial charge in [-0.1, -0.05) is 13.5 Å². The maximum absolute atomic E-state index is 11.8. The average molecular weight is 331 g/mol. The Morgan fingerprint density at radius 1 is 1.29 bits per heavy atom. The van der Waals surface area contributed by atoms with Crippen LogP contribution in [0.25, 0.3) is 5.57 Å². The number of ether oxygens (including phenoxy) is 1. The van der Waals surface area contributed by atoms with Crippen molar-refractivity contribution in [1.82, 2.24) is 0 Å². The maximum Gasteiger partial charge on any atom is 0.355 e. The Morgan fingerprint density at radius 3 is 2.42 bits per heavy atom. The van der Waals surface area contributed by atoms with Crippen molar-refractivity contribution < 1.29 is 24.1 Å². The van der Waals surface area contributed by atoms with Crippen LogP contribution >= 0.6 is 0 Å². The molecule has 0 amide bonds. The molecule has 24 heavy (non-hydrogen) atoms. The fraction of sp³-hybridized carbons (Fsp3) is 0.389. The predicted octanol–water partition coefficient (Wildman–Crippen LogP) is 3.43. The Labute approximate surface area is 141 Å². The molecule has 0 saturated carbocycles. The monoisotopic (exact) mass is 331 g/mol. The van der Waals surface area contributed by atoms with Gasteiger partial charge in [-0.3, -0.25) is 14.6 Å². The first-order valence-corrected chi connectivity index (χ1v) is 7.51. The zero-order valence-electron chi connectivity index (χ0n) is 14.1. The van der Waals surface area contributed by atoms with E-state index in [1.165, 1.54) is 7.11 Å². The minimum Gasteiger partial charge on any atom is -0.469 e. The maximum atomic E-state index is 11.8. The zero-order valence-corrected chi connectivity index (χ0v) is 14.1. The second-order valence-corrected chi connectivity index (χ2v) is 5.56. The first-order valence-electron chi connectivity index (χ1n) is 7.51. The molecule has 6 heteroatoms. The number of carbonyl (C=O) groups is 2. The molecule has 0 bridgehead atoms. The van der Waals surface area contributed by atoms with Crippen LogP contribution < -0.4 is 4.89 Å². The largest absolute Gasteiger partial charge is 0.469 e. The smallest absolute Gasteiger partial charge is 0.355 e. The van der Waals surface area contributed by atoms with Gasteiger partial charge < -0.3 is 4.74 Å². The highest BCUT2D eigenvalue weighted by atomic mass is 17.2. The van der Waals surface area contributed by atoms with E-state index in [0.29, 0.717) is 29.7 Å². The summed E-state index contributed by atoms with van der Waals surface area (Å²) in [6.07, 6.45) is 0.889. The molecule has 1 atom stereocenters. The van der Waals surface area contributed by atoms with E-state index in [-0.39, 0.29) is 12.4 Å². The Morgan fingerprint density at radius 2 is 1.92 bits per heavy atom. The summed E-state index contributed by atoms with van der Waals surface area (Å²) < 4.78 is 4.76. The molecule has 0 spiro atoms. The molecule has 0 aliphatic heterocycles. The van der Waals surface area contributed by atoms with Crippen molar-refractivity contribution in [1.29, 1.82) is 5.26 Å². The molecule has 0 N–H and O–H groups in total. The molecule has 1 rings (SSSR count). The normalized spacial score (nSPS) is 12.4. The minimum absolute atomic E-state index is 0.0305. The molecule has 1 aromatic carbocycles. The Balaban J connectivity index is 2.50. The molecule has 0 aliphatic rings. The number of hydrogen-bond acceptors (Lipinski definition) is 6. The van der Waals surface area contributed by atoms with Gasteiger partial charge in [0.2, 0.25) is 0 Å². The molecule has 0 aliphatic carbocycles. The Kier molecular flexibility index (Phi) is 6.99. The van der Waals surface area contributed by atoms with Crippen molar-refractivity contribution in [3.63, 3.8) is 0 Å². The third-order valence-electron chi connectivity index (χ3n) is 3.91. The highest BCUT2D eigenvalue weighted by Gasteiger charge is 2.33. The number of esters is 1. The lowest BCUT2D eigenvalue weighted by molar-refractivity contribution is -0.214. The quantitative estimate of drug-likeness (QED) is 0.314. The Bertz CT molecular complexity index is 644. The average Bonchev–Trinajstić information content (AvgIpc) is 2.63. The molecule has 128 valence electrons. The van der Waals surface area contributed by atoms with E-state index in [9.17, 15) is 9.59 Å². The number of hydrogen-bond donors (Lipinski definition) is 0. The van der Waals surface area contributed by atoms with E-state index in [0.717, 1.165) is 0 Å². The third kappa shape index (κ3) is 5.13. The summed E-state index contributed by atoms with van der Waals surface area (Å²) in [6.45, 7) is 7.20. The number of rotatable bonds is 8. The number of methoxy groups -OCH3 is 1. The van der Waals surface area contributed by atoms with E-state index in [1.54, 1.807) is 31.2 Å². The molecule has 0 saturated heterocycles. The number of benzene rings is 1. The second kappa shape index (κ2) is 8.73. The van der Waals surface area contributed by atoms with Gasteiger partial charge in [0.25, 0.3) is 0 Å². The van der Waals surface area contributed by atoms with E-state index >= 15 is 0 Å². The molecule has 1 aromatic rings. The standard InChI is InChI=1S/C18H21NO5/c1-5-18(3,17(21)22-4)11-10-16(20)24-23-15-8-6-14(7-9-15)13(2)12-19/h6-9H,2,5,10-11H2,1,3-4H3. The van der Waals surface area contributed by atoms with Crippen molar-refractivity contribution >= 4 is 17.5 Å². The van der Waals surface area contributed by atoms with E-state index in [1.807, 2.05) is 13.0 Å². The van der Waals surface area contributed by atoms with Crippen LogP contribution in [0.5, 0.6) is 5.75 Å². The molecule has 0 radical (unpaired) electrons. The molecular weight excluding hydrogens is 310 g/mol. The SMILES string of the molecule is C=C(C#N)c1ccc(OOC(=O)CCC(C)(CC)C(=O)OC)cc1. The van der Waals surface area contributed by atoms with Gasteiger partial charge in [0, 0.05) is 0 Å². The number of nitrogens with zero attached hydrogens (tertiary/aromatic N) is 1. The third-order valence-corrected chi connectivity index (χ3v) is 3.91. The van der Waals surface area contributed by atoms with Gasteiger partial charge in [0.1, 0.15) is 0 Å². The first-order chi connectivity index (χ1) is 11.4. The van der Waals surface area contributed by atoms with Gasteiger partial charge in [-0.2, -0.15) is 5.26 Å². The molecule has 1 unspecified atom stereocenters. The lowest BCUT2D eigenvalue weighted by Crippen LogP contribution is -2.29. The lowest BCUT2D eigenvalue weighted by atomic mass is 9.83. The van der Waals surface area contributed by atoms with Crippen molar-refractivity contribution in [2.75, 3.05) is 7.11 Å². The zero-order chi connectivity index (χ0) is 18.2. The molecule has 0 heterocycles. The minimum atomic E-state index is -0.729. The van der Waals surface area contributed by atoms with Crippen LogP contribution in [0.1, 0.15) is 38.7 Å². The summed E-state index contributed by atoms with van der Waals surface area (Å²) in [5, 5.41) is 8.75. The lowest BCUT2D eigenvalue weighted by Gasteiger charge is -2.24. The van der Waals surface area contributed by atoms with Gasteiger partial charge >= 0.3 is 11.9 Å². The van der Waals surface area contributed by atoms with E-state index in [4.69, 9.17) is 19.8 Å². The van der Waals surface area contributed by atoms with E-state index < -0.39 is 11.4 Å². The van der Waals surface area contributed by atoms with E-state index in [2.05, 4.69) is 6.58 Å². The van der Waals surface area contributed by atoms with Crippen LogP contribution in [0, 0.1) is 16.7 Å². The van der Waals surface area contributed by atoms with Crippen molar-refractivity contribution in [2.45, 2.75) is 33.1 Å². The molecular formula is C18H21NO5. The van der Waals surface area contributed by atoms with Gasteiger partial charge in [-0.25, -0.2) is 4.79 Å². The van der Waals surface area contributed by atoms with Gasteiger partial charge in [0.15, 0.2) is 5.75 Å². The predicted molar refractivity (Wildman–Crippen MR) is 87.5 cm³/mol. The van der Waals surface area contributed by atoms with Crippen LogP contribution in [0.15, 0.2) is 30.8 Å². The highest BCUT2D eigenvalue weighted by molar-refractivity contribution is 5.77. The summed E-state index contributed by atoms with van der Waals surface area (Å²) in [7, 11) is 1.32. The fourth-order valence-corrected chi connectivity index (χ4v) is 1.96. The summed E-state index contributed by atoms with van der Waals surface area (Å²) in [5.41, 5.74) is 0.265. The van der Waals surface area contributed by atoms with Crippen LogP contribution in [0.3, 0.4) is 0 Å². The van der Waals surface area contributed by atoms with Gasteiger partial charge in [-0.05, 0) is 49.6 Å². The molecule has 0 aromatic heterocycles. The van der Waals surface area contributed by atoms with Crippen molar-refractivity contribution in [3.05, 3.63) is 36.4 Å². The van der Waals surface area contributed by atoms with Crippen molar-refractivity contribution in [3.8, 4) is 11.8 Å². The summed E-state index contributed by atoms with van der Waals surface area (Å²) in [5.74, 6) is -0.611. The Hall–Kier alpha value is -2.81. The molecule has 0 fully saturated rings. The van der Waals surface area contributed by atoms with Crippen LogP contribution in [0.4, 0.5) is 0 Å². The highest BCUT2D eigenvalue weighted by Crippen LogP contribution is 2.29. The van der Waals surface area contributed by atoms with Crippen LogP contribution in [-0.2, 0) is 19.2 Å². The summed E-state index contributed by atoms with van der Waals surface area (Å²) >= 11 is 0. The number of carbonyl (C=O) groups excluding carboxylic acids is 2. The van der Waals surface area contributed by atoms with Gasteiger partial charge in [-0.15, -0.1) is 0 Å².